The first kappa shape index (κ1) is 18.4. The monoisotopic (exact) mass is 333 g/mol. The fourth-order valence-electron chi connectivity index (χ4n) is 3.23. The Hall–Kier alpha value is -1.95. The van der Waals surface area contributed by atoms with Gasteiger partial charge < -0.3 is 10.2 Å². The van der Waals surface area contributed by atoms with Crippen LogP contribution in [0.5, 0.6) is 0 Å². The smallest absolute Gasteiger partial charge is 0.271 e. The van der Waals surface area contributed by atoms with E-state index in [9.17, 15) is 14.9 Å². The Morgan fingerprint density at radius 1 is 1.29 bits per heavy atom. The number of rotatable bonds is 6. The van der Waals surface area contributed by atoms with Crippen LogP contribution >= 0.6 is 0 Å². The molecule has 132 valence electrons. The Bertz CT molecular complexity index is 581. The van der Waals surface area contributed by atoms with Crippen molar-refractivity contribution in [3.8, 4) is 0 Å². The minimum Gasteiger partial charge on any atom is -0.326 e. The van der Waals surface area contributed by atoms with Crippen molar-refractivity contribution in [3.05, 3.63) is 33.9 Å². The molecule has 1 aliphatic carbocycles. The van der Waals surface area contributed by atoms with Crippen LogP contribution in [0.1, 0.15) is 50.5 Å². The number of carbonyl (C=O) groups excluding carboxylic acids is 1. The lowest BCUT2D eigenvalue weighted by atomic mass is 10.1. The van der Waals surface area contributed by atoms with Crippen molar-refractivity contribution in [1.82, 2.24) is 4.90 Å². The van der Waals surface area contributed by atoms with Gasteiger partial charge in [-0.15, -0.1) is 0 Å². The Balaban J connectivity index is 1.86. The molecule has 0 atom stereocenters. The molecule has 1 amide bonds. The molecule has 0 spiro atoms. The predicted molar refractivity (Wildman–Crippen MR) is 95.2 cm³/mol. The van der Waals surface area contributed by atoms with Crippen LogP contribution in [0, 0.1) is 17.0 Å². The van der Waals surface area contributed by atoms with Gasteiger partial charge in [-0.3, -0.25) is 14.9 Å². The highest BCUT2D eigenvalue weighted by atomic mass is 16.6. The van der Waals surface area contributed by atoms with Gasteiger partial charge in [-0.05, 0) is 32.4 Å². The normalized spacial score (nSPS) is 16.0. The van der Waals surface area contributed by atoms with E-state index in [0.29, 0.717) is 24.7 Å². The van der Waals surface area contributed by atoms with E-state index in [1.807, 2.05) is 6.92 Å². The van der Waals surface area contributed by atoms with Gasteiger partial charge in [0.1, 0.15) is 0 Å². The number of nitrogens with zero attached hydrogens (tertiary/aromatic N) is 2. The Morgan fingerprint density at radius 3 is 2.58 bits per heavy atom. The zero-order chi connectivity index (χ0) is 17.5. The number of hydrogen-bond acceptors (Lipinski definition) is 4. The highest BCUT2D eigenvalue weighted by Gasteiger charge is 2.18. The number of nitro benzene ring substituents is 1. The quantitative estimate of drug-likeness (QED) is 0.487. The van der Waals surface area contributed by atoms with Crippen molar-refractivity contribution in [1.29, 1.82) is 0 Å². The second-order valence-corrected chi connectivity index (χ2v) is 6.68. The maximum atomic E-state index is 12.2. The number of hydrogen-bond donors (Lipinski definition) is 1. The molecule has 1 N–H and O–H groups in total. The number of nitrogens with one attached hydrogen (secondary N) is 1. The maximum Gasteiger partial charge on any atom is 0.271 e. The Labute approximate surface area is 143 Å². The second kappa shape index (κ2) is 8.78. The van der Waals surface area contributed by atoms with Crippen LogP contribution in [-0.4, -0.2) is 35.4 Å². The number of amides is 1. The average molecular weight is 333 g/mol. The molecule has 0 radical (unpaired) electrons. The number of aryl methyl sites for hydroxylation is 1. The first-order valence-electron chi connectivity index (χ1n) is 8.72. The van der Waals surface area contributed by atoms with E-state index in [-0.39, 0.29) is 11.6 Å². The number of anilines is 1. The standard InChI is InChI=1S/C18H27N3O3/c1-14-9-10-16(21(23)24)13-17(14)19-18(22)11-12-20(2)15-7-5-3-4-6-8-15/h9-10,13,15H,3-8,11-12H2,1-2H3,(H,19,22). The molecule has 0 unspecified atom stereocenters. The minimum atomic E-state index is -0.449. The summed E-state index contributed by atoms with van der Waals surface area (Å²) in [6.07, 6.45) is 8.00. The summed E-state index contributed by atoms with van der Waals surface area (Å²) in [6, 6.07) is 5.10. The zero-order valence-corrected chi connectivity index (χ0v) is 14.6. The van der Waals surface area contributed by atoms with Gasteiger partial charge in [0, 0.05) is 31.1 Å². The lowest BCUT2D eigenvalue weighted by Crippen LogP contribution is -2.33. The second-order valence-electron chi connectivity index (χ2n) is 6.68. The molecule has 2 rings (SSSR count). The molecule has 24 heavy (non-hydrogen) atoms. The predicted octanol–water partition coefficient (Wildman–Crippen LogP) is 3.89. The van der Waals surface area contributed by atoms with Crippen molar-refractivity contribution in [2.75, 3.05) is 18.9 Å². The molecule has 6 nitrogen and oxygen atoms in total. The molecule has 0 aromatic heterocycles. The lowest BCUT2D eigenvalue weighted by molar-refractivity contribution is -0.384. The number of nitro groups is 1. The number of non-ortho nitro benzene ring substituents is 1. The van der Waals surface area contributed by atoms with E-state index in [2.05, 4.69) is 17.3 Å². The van der Waals surface area contributed by atoms with Gasteiger partial charge in [-0.1, -0.05) is 31.7 Å². The van der Waals surface area contributed by atoms with Gasteiger partial charge in [0.25, 0.3) is 5.69 Å². The molecule has 6 heteroatoms. The molecule has 0 saturated heterocycles. The van der Waals surface area contributed by atoms with Gasteiger partial charge in [0.2, 0.25) is 5.91 Å². The third-order valence-electron chi connectivity index (χ3n) is 4.85. The van der Waals surface area contributed by atoms with E-state index >= 15 is 0 Å². The first-order valence-corrected chi connectivity index (χ1v) is 8.72. The van der Waals surface area contributed by atoms with Gasteiger partial charge in [-0.25, -0.2) is 0 Å². The van der Waals surface area contributed by atoms with Crippen LogP contribution in [0.25, 0.3) is 0 Å². The summed E-state index contributed by atoms with van der Waals surface area (Å²) in [5.74, 6) is -0.0981. The molecule has 1 saturated carbocycles. The minimum absolute atomic E-state index is 0.00789. The molecule has 1 aliphatic rings. The van der Waals surface area contributed by atoms with E-state index < -0.39 is 4.92 Å². The molecule has 0 aliphatic heterocycles. The summed E-state index contributed by atoms with van der Waals surface area (Å²) >= 11 is 0. The maximum absolute atomic E-state index is 12.2. The van der Waals surface area contributed by atoms with E-state index in [1.54, 1.807) is 6.07 Å². The van der Waals surface area contributed by atoms with Gasteiger partial charge >= 0.3 is 0 Å². The zero-order valence-electron chi connectivity index (χ0n) is 14.6. The van der Waals surface area contributed by atoms with E-state index in [1.165, 1.54) is 50.7 Å². The Morgan fingerprint density at radius 2 is 1.96 bits per heavy atom. The number of benzene rings is 1. The summed E-state index contributed by atoms with van der Waals surface area (Å²) in [6.45, 7) is 2.54. The highest BCUT2D eigenvalue weighted by Crippen LogP contribution is 2.23. The van der Waals surface area contributed by atoms with Crippen molar-refractivity contribution in [2.45, 2.75) is 57.9 Å². The molecule has 1 fully saturated rings. The third kappa shape index (κ3) is 5.30. The molecule has 0 bridgehead atoms. The van der Waals surface area contributed by atoms with Crippen LogP contribution in [0.2, 0.25) is 0 Å². The molecule has 0 heterocycles. The van der Waals surface area contributed by atoms with Crippen LogP contribution in [0.3, 0.4) is 0 Å². The summed E-state index contributed by atoms with van der Waals surface area (Å²) in [5, 5.41) is 13.7. The van der Waals surface area contributed by atoms with E-state index in [4.69, 9.17) is 0 Å². The highest BCUT2D eigenvalue weighted by molar-refractivity contribution is 5.92. The molecule has 1 aromatic rings. The lowest BCUT2D eigenvalue weighted by Gasteiger charge is -2.26. The van der Waals surface area contributed by atoms with Crippen molar-refractivity contribution in [2.24, 2.45) is 0 Å². The number of carbonyl (C=O) groups is 1. The first-order chi connectivity index (χ1) is 11.5. The third-order valence-corrected chi connectivity index (χ3v) is 4.85. The molecule has 1 aromatic carbocycles. The van der Waals surface area contributed by atoms with Gasteiger partial charge in [0.05, 0.1) is 10.6 Å². The largest absolute Gasteiger partial charge is 0.326 e. The van der Waals surface area contributed by atoms with E-state index in [0.717, 1.165) is 5.56 Å². The topological polar surface area (TPSA) is 75.5 Å². The van der Waals surface area contributed by atoms with Crippen molar-refractivity contribution in [3.63, 3.8) is 0 Å². The van der Waals surface area contributed by atoms with Gasteiger partial charge in [0.15, 0.2) is 0 Å². The summed E-state index contributed by atoms with van der Waals surface area (Å²) in [5.41, 5.74) is 1.34. The van der Waals surface area contributed by atoms with Crippen molar-refractivity contribution < 1.29 is 9.72 Å². The average Bonchev–Trinajstić information content (AvgIpc) is 2.83. The van der Waals surface area contributed by atoms with Gasteiger partial charge in [-0.2, -0.15) is 0 Å². The molecular weight excluding hydrogens is 306 g/mol. The summed E-state index contributed by atoms with van der Waals surface area (Å²) in [7, 11) is 2.09. The summed E-state index contributed by atoms with van der Waals surface area (Å²) in [4.78, 5) is 24.9. The Kier molecular flexibility index (Phi) is 6.73. The van der Waals surface area contributed by atoms with Crippen LogP contribution in [-0.2, 0) is 4.79 Å². The fraction of sp³-hybridized carbons (Fsp3) is 0.611. The van der Waals surface area contributed by atoms with Crippen LogP contribution in [0.4, 0.5) is 11.4 Å². The fourth-order valence-corrected chi connectivity index (χ4v) is 3.23. The molecular formula is C18H27N3O3. The SMILES string of the molecule is Cc1ccc([N+](=O)[O-])cc1NC(=O)CCN(C)C1CCCCCC1. The van der Waals surface area contributed by atoms with Crippen molar-refractivity contribution >= 4 is 17.3 Å². The van der Waals surface area contributed by atoms with Crippen LogP contribution < -0.4 is 5.32 Å². The summed E-state index contributed by atoms with van der Waals surface area (Å²) < 4.78 is 0. The van der Waals surface area contributed by atoms with Crippen LogP contribution in [0.15, 0.2) is 18.2 Å².